The van der Waals surface area contributed by atoms with E-state index in [1.54, 1.807) is 0 Å². The van der Waals surface area contributed by atoms with Gasteiger partial charge in [0.2, 0.25) is 5.91 Å². The minimum absolute atomic E-state index is 0.133. The topological polar surface area (TPSA) is 50.2 Å². The molecule has 0 aliphatic carbocycles. The van der Waals surface area contributed by atoms with E-state index in [2.05, 4.69) is 43.0 Å². The van der Waals surface area contributed by atoms with E-state index in [0.717, 1.165) is 31.0 Å². The summed E-state index contributed by atoms with van der Waals surface area (Å²) in [5.41, 5.74) is 3.44. The molecule has 1 aromatic heterocycles. The van der Waals surface area contributed by atoms with Crippen LogP contribution in [0.25, 0.3) is 0 Å². The number of aryl methyl sites for hydroxylation is 2. The van der Waals surface area contributed by atoms with Gasteiger partial charge in [0.15, 0.2) is 0 Å². The Hall–Kier alpha value is -1.36. The highest BCUT2D eigenvalue weighted by molar-refractivity contribution is 5.75. The SMILES string of the molecule is Cc1nn(CCC(=O)NCC2CCN(C(C)C)C2)c(C)c1C. The van der Waals surface area contributed by atoms with Crippen molar-refractivity contribution in [2.75, 3.05) is 19.6 Å². The van der Waals surface area contributed by atoms with Gasteiger partial charge in [-0.1, -0.05) is 0 Å². The fraction of sp³-hybridized carbons (Fsp3) is 0.765. The van der Waals surface area contributed by atoms with Crippen molar-refractivity contribution in [3.05, 3.63) is 17.0 Å². The van der Waals surface area contributed by atoms with E-state index in [4.69, 9.17) is 0 Å². The molecule has 1 N–H and O–H groups in total. The highest BCUT2D eigenvalue weighted by Gasteiger charge is 2.24. The van der Waals surface area contributed by atoms with Gasteiger partial charge >= 0.3 is 0 Å². The van der Waals surface area contributed by atoms with Gasteiger partial charge in [-0.25, -0.2) is 0 Å². The largest absolute Gasteiger partial charge is 0.356 e. The van der Waals surface area contributed by atoms with Crippen LogP contribution < -0.4 is 5.32 Å². The molecular weight excluding hydrogens is 276 g/mol. The number of hydrogen-bond donors (Lipinski definition) is 1. The number of hydrogen-bond acceptors (Lipinski definition) is 3. The zero-order valence-electron chi connectivity index (χ0n) is 14.6. The summed E-state index contributed by atoms with van der Waals surface area (Å²) >= 11 is 0. The summed E-state index contributed by atoms with van der Waals surface area (Å²) in [6.07, 6.45) is 1.69. The lowest BCUT2D eigenvalue weighted by molar-refractivity contribution is -0.121. The summed E-state index contributed by atoms with van der Waals surface area (Å²) in [5, 5.41) is 7.57. The molecule has 5 heteroatoms. The lowest BCUT2D eigenvalue weighted by atomic mass is 10.1. The Balaban J connectivity index is 1.71. The highest BCUT2D eigenvalue weighted by atomic mass is 16.1. The summed E-state index contributed by atoms with van der Waals surface area (Å²) in [7, 11) is 0. The van der Waals surface area contributed by atoms with Gasteiger partial charge in [-0.3, -0.25) is 9.48 Å². The summed E-state index contributed by atoms with van der Waals surface area (Å²) in [5.74, 6) is 0.732. The molecule has 0 aromatic carbocycles. The Morgan fingerprint density at radius 2 is 2.09 bits per heavy atom. The average Bonchev–Trinajstić information content (AvgIpc) is 3.04. The second-order valence-electron chi connectivity index (χ2n) is 6.82. The minimum Gasteiger partial charge on any atom is -0.356 e. The summed E-state index contributed by atoms with van der Waals surface area (Å²) < 4.78 is 1.94. The number of rotatable bonds is 6. The molecule has 22 heavy (non-hydrogen) atoms. The quantitative estimate of drug-likeness (QED) is 0.875. The molecular formula is C17H30N4O. The van der Waals surface area contributed by atoms with E-state index in [1.807, 2.05) is 11.6 Å². The third-order valence-corrected chi connectivity index (χ3v) is 4.93. The molecule has 1 saturated heterocycles. The van der Waals surface area contributed by atoms with Gasteiger partial charge in [0.1, 0.15) is 0 Å². The molecule has 2 rings (SSSR count). The number of carbonyl (C=O) groups is 1. The number of aromatic nitrogens is 2. The molecule has 124 valence electrons. The molecule has 1 amide bonds. The second kappa shape index (κ2) is 7.27. The zero-order valence-corrected chi connectivity index (χ0v) is 14.6. The Morgan fingerprint density at radius 1 is 1.36 bits per heavy atom. The van der Waals surface area contributed by atoms with Crippen LogP contribution in [0.4, 0.5) is 0 Å². The Bertz CT molecular complexity index is 521. The third-order valence-electron chi connectivity index (χ3n) is 4.93. The average molecular weight is 306 g/mol. The molecule has 0 spiro atoms. The predicted octanol–water partition coefficient (Wildman–Crippen LogP) is 2.04. The predicted molar refractivity (Wildman–Crippen MR) is 88.9 cm³/mol. The molecule has 2 heterocycles. The van der Waals surface area contributed by atoms with Crippen molar-refractivity contribution < 1.29 is 4.79 Å². The summed E-state index contributed by atoms with van der Waals surface area (Å²) in [6.45, 7) is 14.3. The van der Waals surface area contributed by atoms with Gasteiger partial charge in [-0.15, -0.1) is 0 Å². The highest BCUT2D eigenvalue weighted by Crippen LogP contribution is 2.17. The van der Waals surface area contributed by atoms with Crippen LogP contribution in [0.5, 0.6) is 0 Å². The molecule has 0 bridgehead atoms. The van der Waals surface area contributed by atoms with Gasteiger partial charge in [0.25, 0.3) is 0 Å². The Labute approximate surface area is 134 Å². The van der Waals surface area contributed by atoms with Crippen molar-refractivity contribution in [3.8, 4) is 0 Å². The maximum atomic E-state index is 12.0. The van der Waals surface area contributed by atoms with Crippen LogP contribution in [0, 0.1) is 26.7 Å². The smallest absolute Gasteiger partial charge is 0.221 e. The molecule has 5 nitrogen and oxygen atoms in total. The van der Waals surface area contributed by atoms with Crippen molar-refractivity contribution in [1.82, 2.24) is 20.0 Å². The minimum atomic E-state index is 0.133. The first-order valence-electron chi connectivity index (χ1n) is 8.39. The normalized spacial score (nSPS) is 19.1. The number of nitrogens with zero attached hydrogens (tertiary/aromatic N) is 3. The van der Waals surface area contributed by atoms with Crippen LogP contribution >= 0.6 is 0 Å². The Morgan fingerprint density at radius 3 is 2.64 bits per heavy atom. The first-order chi connectivity index (χ1) is 10.4. The molecule has 1 unspecified atom stereocenters. The first-order valence-corrected chi connectivity index (χ1v) is 8.39. The number of amides is 1. The van der Waals surface area contributed by atoms with Crippen molar-refractivity contribution in [2.24, 2.45) is 5.92 Å². The lowest BCUT2D eigenvalue weighted by Gasteiger charge is -2.20. The van der Waals surface area contributed by atoms with Crippen LogP contribution in [0.1, 0.15) is 43.6 Å². The fourth-order valence-electron chi connectivity index (χ4n) is 3.06. The second-order valence-corrected chi connectivity index (χ2v) is 6.82. The molecule has 0 saturated carbocycles. The van der Waals surface area contributed by atoms with E-state index < -0.39 is 0 Å². The number of nitrogens with one attached hydrogen (secondary N) is 1. The third kappa shape index (κ3) is 4.09. The van der Waals surface area contributed by atoms with Crippen LogP contribution in [0.15, 0.2) is 0 Å². The zero-order chi connectivity index (χ0) is 16.3. The molecule has 1 aliphatic rings. The number of likely N-dealkylation sites (tertiary alicyclic amines) is 1. The maximum absolute atomic E-state index is 12.0. The molecule has 1 aliphatic heterocycles. The first kappa shape index (κ1) is 17.0. The molecule has 0 radical (unpaired) electrons. The van der Waals surface area contributed by atoms with Crippen molar-refractivity contribution in [1.29, 1.82) is 0 Å². The van der Waals surface area contributed by atoms with E-state index in [1.165, 1.54) is 12.0 Å². The van der Waals surface area contributed by atoms with E-state index >= 15 is 0 Å². The van der Waals surface area contributed by atoms with Gasteiger partial charge in [0.05, 0.1) is 5.69 Å². The van der Waals surface area contributed by atoms with Gasteiger partial charge in [-0.05, 0) is 59.1 Å². The molecule has 1 fully saturated rings. The van der Waals surface area contributed by atoms with E-state index in [9.17, 15) is 4.79 Å². The molecule has 1 aromatic rings. The van der Waals surface area contributed by atoms with Crippen LogP contribution in [0.3, 0.4) is 0 Å². The van der Waals surface area contributed by atoms with Crippen LogP contribution in [-0.4, -0.2) is 46.3 Å². The van der Waals surface area contributed by atoms with Crippen LogP contribution in [0.2, 0.25) is 0 Å². The fourth-order valence-corrected chi connectivity index (χ4v) is 3.06. The Kier molecular flexibility index (Phi) is 5.62. The van der Waals surface area contributed by atoms with Crippen molar-refractivity contribution in [2.45, 2.75) is 60.0 Å². The summed E-state index contributed by atoms with van der Waals surface area (Å²) in [6, 6.07) is 0.606. The van der Waals surface area contributed by atoms with Crippen LogP contribution in [-0.2, 0) is 11.3 Å². The van der Waals surface area contributed by atoms with Crippen molar-refractivity contribution >= 4 is 5.91 Å². The maximum Gasteiger partial charge on any atom is 0.221 e. The molecule has 1 atom stereocenters. The monoisotopic (exact) mass is 306 g/mol. The van der Waals surface area contributed by atoms with E-state index in [-0.39, 0.29) is 5.91 Å². The van der Waals surface area contributed by atoms with Gasteiger partial charge < -0.3 is 10.2 Å². The van der Waals surface area contributed by atoms with E-state index in [0.29, 0.717) is 24.9 Å². The number of carbonyl (C=O) groups excluding carboxylic acids is 1. The summed E-state index contributed by atoms with van der Waals surface area (Å²) in [4.78, 5) is 14.5. The lowest BCUT2D eigenvalue weighted by Crippen LogP contribution is -2.33. The standard InChI is InChI=1S/C17H30N4O/c1-12(2)20-8-6-16(11-20)10-18-17(22)7-9-21-15(5)13(3)14(4)19-21/h12,16H,6-11H2,1-5H3,(H,18,22). The van der Waals surface area contributed by atoms with Gasteiger partial charge in [-0.2, -0.15) is 5.10 Å². The van der Waals surface area contributed by atoms with Gasteiger partial charge in [0, 0.05) is 37.8 Å². The van der Waals surface area contributed by atoms with Crippen molar-refractivity contribution in [3.63, 3.8) is 0 Å².